The molecule has 1 saturated heterocycles. The van der Waals surface area contributed by atoms with Gasteiger partial charge in [0.25, 0.3) is 0 Å². The third-order valence-corrected chi connectivity index (χ3v) is 7.84. The van der Waals surface area contributed by atoms with E-state index in [2.05, 4.69) is 29.2 Å². The third kappa shape index (κ3) is 9.58. The van der Waals surface area contributed by atoms with Gasteiger partial charge in [-0.2, -0.15) is 13.2 Å². The molecule has 0 aliphatic carbocycles. The Morgan fingerprint density at radius 3 is 2.02 bits per heavy atom. The van der Waals surface area contributed by atoms with Crippen LogP contribution in [-0.2, 0) is 22.6 Å². The van der Waals surface area contributed by atoms with Gasteiger partial charge in [-0.05, 0) is 86.0 Å². The maximum Gasteiger partial charge on any atom is 0.493 e. The minimum absolute atomic E-state index is 0.0468. The predicted octanol–water partition coefficient (Wildman–Crippen LogP) is 7.60. The van der Waals surface area contributed by atoms with Gasteiger partial charge in [-0.15, -0.1) is 5.06 Å². The molecular weight excluding hydrogens is 555 g/mol. The van der Waals surface area contributed by atoms with E-state index in [9.17, 15) is 22.8 Å². The number of nitrogens with zero attached hydrogens (tertiary/aromatic N) is 3. The Morgan fingerprint density at radius 1 is 0.884 bits per heavy atom. The molecule has 0 unspecified atom stereocenters. The van der Waals surface area contributed by atoms with Gasteiger partial charge in [0.15, 0.2) is 0 Å². The van der Waals surface area contributed by atoms with Gasteiger partial charge in [-0.25, -0.2) is 9.59 Å². The van der Waals surface area contributed by atoms with Gasteiger partial charge in [-0.3, -0.25) is 0 Å². The van der Waals surface area contributed by atoms with Crippen molar-refractivity contribution in [3.05, 3.63) is 102 Å². The number of rotatable bonds is 10. The lowest BCUT2D eigenvalue weighted by Gasteiger charge is -2.33. The topological polar surface area (TPSA) is 53.1 Å². The summed E-state index contributed by atoms with van der Waals surface area (Å²) in [5.41, 5.74) is 3.15. The summed E-state index contributed by atoms with van der Waals surface area (Å²) in [5, 5.41) is 0.470. The third-order valence-electron chi connectivity index (χ3n) is 7.84. The van der Waals surface area contributed by atoms with Crippen molar-refractivity contribution in [1.82, 2.24) is 9.80 Å². The number of hydroxylamine groups is 1. The van der Waals surface area contributed by atoms with E-state index in [0.717, 1.165) is 50.0 Å². The smallest absolute Gasteiger partial charge is 0.323 e. The SMILES string of the molecule is CC(C)c1ccc(N(OC(=O)C(F)(F)F)C(=O)N(CCCN2CCC(Cc3ccccc3)CC2)Cc2ccccc2)cc1. The second kappa shape index (κ2) is 15.0. The van der Waals surface area contributed by atoms with Gasteiger partial charge in [0, 0.05) is 13.1 Å². The number of piperidine rings is 1. The molecule has 3 aromatic carbocycles. The standard InChI is InChI=1S/C34H40F3N3O3/c1-26(2)30-14-16-31(17-15-30)40(43-32(41)34(35,36)37)33(42)39(25-29-12-7-4-8-13-29)21-9-20-38-22-18-28(19-23-38)24-27-10-5-3-6-11-27/h3-8,10-17,26,28H,9,18-25H2,1-2H3. The number of benzene rings is 3. The van der Waals surface area contributed by atoms with Crippen molar-refractivity contribution in [3.8, 4) is 0 Å². The van der Waals surface area contributed by atoms with Gasteiger partial charge < -0.3 is 14.6 Å². The van der Waals surface area contributed by atoms with Crippen LogP contribution in [0.5, 0.6) is 0 Å². The number of urea groups is 1. The van der Waals surface area contributed by atoms with E-state index in [1.807, 2.05) is 50.2 Å². The van der Waals surface area contributed by atoms with Crippen molar-refractivity contribution in [2.24, 2.45) is 5.92 Å². The zero-order valence-corrected chi connectivity index (χ0v) is 24.8. The predicted molar refractivity (Wildman–Crippen MR) is 161 cm³/mol. The molecule has 1 aliphatic heterocycles. The first-order chi connectivity index (χ1) is 20.6. The summed E-state index contributed by atoms with van der Waals surface area (Å²) < 4.78 is 39.7. The van der Waals surface area contributed by atoms with Crippen LogP contribution in [0, 0.1) is 5.92 Å². The molecule has 6 nitrogen and oxygen atoms in total. The highest BCUT2D eigenvalue weighted by molar-refractivity contribution is 5.93. The molecule has 3 aromatic rings. The summed E-state index contributed by atoms with van der Waals surface area (Å²) in [6.45, 7) is 7.07. The highest BCUT2D eigenvalue weighted by Crippen LogP contribution is 2.26. The molecule has 4 rings (SSSR count). The summed E-state index contributed by atoms with van der Waals surface area (Å²) in [6.07, 6.45) is -1.38. The van der Waals surface area contributed by atoms with E-state index in [1.165, 1.54) is 22.6 Å². The van der Waals surface area contributed by atoms with Crippen molar-refractivity contribution < 1.29 is 27.6 Å². The molecule has 230 valence electrons. The summed E-state index contributed by atoms with van der Waals surface area (Å²) in [4.78, 5) is 34.2. The summed E-state index contributed by atoms with van der Waals surface area (Å²) in [7, 11) is 0. The zero-order valence-electron chi connectivity index (χ0n) is 24.8. The maximum absolute atomic E-state index is 13.8. The zero-order chi connectivity index (χ0) is 30.8. The maximum atomic E-state index is 13.8. The van der Waals surface area contributed by atoms with Gasteiger partial charge in [0.1, 0.15) is 0 Å². The van der Waals surface area contributed by atoms with E-state index >= 15 is 0 Å². The van der Waals surface area contributed by atoms with Crippen LogP contribution in [0.4, 0.5) is 23.7 Å². The van der Waals surface area contributed by atoms with Crippen LogP contribution in [0.25, 0.3) is 0 Å². The fourth-order valence-corrected chi connectivity index (χ4v) is 5.35. The highest BCUT2D eigenvalue weighted by Gasteiger charge is 2.44. The quantitative estimate of drug-likeness (QED) is 0.227. The van der Waals surface area contributed by atoms with Crippen molar-refractivity contribution >= 4 is 17.7 Å². The number of halogens is 3. The van der Waals surface area contributed by atoms with Gasteiger partial charge >= 0.3 is 18.2 Å². The second-order valence-corrected chi connectivity index (χ2v) is 11.4. The molecule has 0 atom stereocenters. The van der Waals surface area contributed by atoms with Crippen LogP contribution >= 0.6 is 0 Å². The summed E-state index contributed by atoms with van der Waals surface area (Å²) in [5.74, 6) is -1.64. The second-order valence-electron chi connectivity index (χ2n) is 11.4. The number of hydrogen-bond acceptors (Lipinski definition) is 4. The Labute approximate surface area is 252 Å². The minimum Gasteiger partial charge on any atom is -0.323 e. The molecule has 0 aromatic heterocycles. The van der Waals surface area contributed by atoms with Crippen LogP contribution in [0.3, 0.4) is 0 Å². The Morgan fingerprint density at radius 2 is 1.47 bits per heavy atom. The average Bonchev–Trinajstić information content (AvgIpc) is 3.00. The van der Waals surface area contributed by atoms with Crippen LogP contribution in [0.15, 0.2) is 84.9 Å². The molecule has 0 bridgehead atoms. The molecule has 0 radical (unpaired) electrons. The van der Waals surface area contributed by atoms with Crippen LogP contribution in [-0.4, -0.2) is 54.2 Å². The van der Waals surface area contributed by atoms with Crippen molar-refractivity contribution in [1.29, 1.82) is 0 Å². The van der Waals surface area contributed by atoms with Crippen LogP contribution in [0.1, 0.15) is 55.7 Å². The van der Waals surface area contributed by atoms with Crippen molar-refractivity contribution in [2.75, 3.05) is 31.2 Å². The van der Waals surface area contributed by atoms with Gasteiger partial charge in [0.2, 0.25) is 0 Å². The number of alkyl halides is 3. The lowest BCUT2D eigenvalue weighted by Crippen LogP contribution is -2.47. The fourth-order valence-electron chi connectivity index (χ4n) is 5.35. The minimum atomic E-state index is -5.26. The first kappa shape index (κ1) is 32.1. The number of likely N-dealkylation sites (tertiary alicyclic amines) is 1. The van der Waals surface area contributed by atoms with Crippen molar-refractivity contribution in [3.63, 3.8) is 0 Å². The first-order valence-electron chi connectivity index (χ1n) is 14.9. The largest absolute Gasteiger partial charge is 0.493 e. The number of hydrogen-bond donors (Lipinski definition) is 0. The molecule has 9 heteroatoms. The molecule has 0 N–H and O–H groups in total. The van der Waals surface area contributed by atoms with Crippen molar-refractivity contribution in [2.45, 2.75) is 58.2 Å². The van der Waals surface area contributed by atoms with E-state index < -0.39 is 18.2 Å². The number of amides is 2. The van der Waals surface area contributed by atoms with Gasteiger partial charge in [-0.1, -0.05) is 86.6 Å². The highest BCUT2D eigenvalue weighted by atomic mass is 19.4. The monoisotopic (exact) mass is 595 g/mol. The number of carbonyl (C=O) groups is 2. The first-order valence-corrected chi connectivity index (χ1v) is 14.9. The average molecular weight is 596 g/mol. The number of anilines is 1. The van der Waals surface area contributed by atoms with Crippen LogP contribution in [0.2, 0.25) is 0 Å². The van der Waals surface area contributed by atoms with E-state index in [4.69, 9.17) is 4.84 Å². The Kier molecular flexibility index (Phi) is 11.2. The molecule has 43 heavy (non-hydrogen) atoms. The lowest BCUT2D eigenvalue weighted by molar-refractivity contribution is -0.200. The molecule has 0 saturated carbocycles. The lowest BCUT2D eigenvalue weighted by atomic mass is 9.90. The summed E-state index contributed by atoms with van der Waals surface area (Å²) >= 11 is 0. The molecule has 1 aliphatic rings. The molecular formula is C34H40F3N3O3. The summed E-state index contributed by atoms with van der Waals surface area (Å²) in [6, 6.07) is 25.3. The van der Waals surface area contributed by atoms with E-state index in [1.54, 1.807) is 12.1 Å². The Balaban J connectivity index is 1.44. The molecule has 2 amide bonds. The molecule has 1 heterocycles. The molecule has 0 spiro atoms. The molecule has 1 fully saturated rings. The van der Waals surface area contributed by atoms with Crippen LogP contribution < -0.4 is 5.06 Å². The van der Waals surface area contributed by atoms with E-state index in [-0.39, 0.29) is 24.7 Å². The Hall–Kier alpha value is -3.85. The van der Waals surface area contributed by atoms with E-state index in [0.29, 0.717) is 17.4 Å². The Bertz CT molecular complexity index is 1290. The fraction of sp³-hybridized carbons (Fsp3) is 0.412. The normalized spacial score (nSPS) is 14.5. The number of carbonyl (C=O) groups excluding carboxylic acids is 2. The van der Waals surface area contributed by atoms with Gasteiger partial charge in [0.05, 0.1) is 5.69 Å².